The quantitative estimate of drug-likeness (QED) is 0.343. The van der Waals surface area contributed by atoms with Gasteiger partial charge in [-0.1, -0.05) is 13.0 Å². The molecule has 2 fully saturated rings. The minimum absolute atomic E-state index is 0. The van der Waals surface area contributed by atoms with Crippen LogP contribution in [0.15, 0.2) is 29.3 Å². The van der Waals surface area contributed by atoms with Crippen LogP contribution in [0.25, 0.3) is 0 Å². The third-order valence-electron chi connectivity index (χ3n) is 6.23. The molecular formula is C22H37FIN5. The number of rotatable bonds is 6. The van der Waals surface area contributed by atoms with Crippen molar-refractivity contribution in [2.45, 2.75) is 45.1 Å². The second-order valence-corrected chi connectivity index (χ2v) is 8.05. The zero-order valence-electron chi connectivity index (χ0n) is 17.9. The number of guanidine groups is 1. The fraction of sp³-hybridized carbons (Fsp3) is 0.682. The van der Waals surface area contributed by atoms with Gasteiger partial charge in [-0.3, -0.25) is 4.99 Å². The van der Waals surface area contributed by atoms with Gasteiger partial charge in [-0.05, 0) is 75.9 Å². The molecule has 3 rings (SSSR count). The van der Waals surface area contributed by atoms with E-state index in [1.807, 2.05) is 13.1 Å². The molecular weight excluding hydrogens is 480 g/mol. The van der Waals surface area contributed by atoms with Crippen LogP contribution in [0.5, 0.6) is 0 Å². The highest BCUT2D eigenvalue weighted by Gasteiger charge is 2.21. The first-order chi connectivity index (χ1) is 13.7. The Morgan fingerprint density at radius 2 is 1.86 bits per heavy atom. The first kappa shape index (κ1) is 24.2. The van der Waals surface area contributed by atoms with Gasteiger partial charge in [0.05, 0.1) is 0 Å². The van der Waals surface area contributed by atoms with Gasteiger partial charge in [-0.2, -0.15) is 0 Å². The van der Waals surface area contributed by atoms with Crippen LogP contribution in [0.1, 0.15) is 39.0 Å². The number of benzene rings is 1. The van der Waals surface area contributed by atoms with Crippen molar-refractivity contribution in [2.24, 2.45) is 10.9 Å². The molecule has 0 bridgehead atoms. The Hall–Kier alpha value is -1.09. The van der Waals surface area contributed by atoms with Gasteiger partial charge in [-0.25, -0.2) is 4.39 Å². The van der Waals surface area contributed by atoms with E-state index >= 15 is 0 Å². The Morgan fingerprint density at radius 3 is 2.48 bits per heavy atom. The molecule has 0 amide bonds. The summed E-state index contributed by atoms with van der Waals surface area (Å²) in [5.74, 6) is 1.58. The van der Waals surface area contributed by atoms with Gasteiger partial charge in [0.2, 0.25) is 0 Å². The molecule has 29 heavy (non-hydrogen) atoms. The topological polar surface area (TPSA) is 42.9 Å². The lowest BCUT2D eigenvalue weighted by atomic mass is 9.93. The number of anilines is 1. The van der Waals surface area contributed by atoms with Crippen LogP contribution in [0.3, 0.4) is 0 Å². The second kappa shape index (κ2) is 12.6. The summed E-state index contributed by atoms with van der Waals surface area (Å²) < 4.78 is 13.4. The molecule has 0 saturated carbocycles. The van der Waals surface area contributed by atoms with Gasteiger partial charge in [0.15, 0.2) is 5.96 Å². The zero-order chi connectivity index (χ0) is 19.8. The minimum atomic E-state index is -0.164. The second-order valence-electron chi connectivity index (χ2n) is 8.05. The van der Waals surface area contributed by atoms with E-state index in [2.05, 4.69) is 32.3 Å². The number of aliphatic imine (C=N–C) groups is 1. The molecule has 2 heterocycles. The SMILES string of the molecule is CCN1CCC(CCNC(=NC)NC2CCN(c3cccc(F)c3)CC2)CC1.I. The molecule has 2 aliphatic heterocycles. The third kappa shape index (κ3) is 7.59. The zero-order valence-corrected chi connectivity index (χ0v) is 20.2. The van der Waals surface area contributed by atoms with Crippen molar-refractivity contribution >= 4 is 35.6 Å². The number of nitrogens with one attached hydrogen (secondary N) is 2. The Kier molecular flexibility index (Phi) is 10.5. The van der Waals surface area contributed by atoms with Crippen LogP contribution in [-0.2, 0) is 0 Å². The summed E-state index contributed by atoms with van der Waals surface area (Å²) in [7, 11) is 1.84. The summed E-state index contributed by atoms with van der Waals surface area (Å²) in [6.07, 6.45) is 5.93. The van der Waals surface area contributed by atoms with Crippen molar-refractivity contribution in [3.05, 3.63) is 30.1 Å². The molecule has 2 saturated heterocycles. The number of hydrogen-bond acceptors (Lipinski definition) is 3. The largest absolute Gasteiger partial charge is 0.371 e. The number of hydrogen-bond donors (Lipinski definition) is 2. The van der Waals surface area contributed by atoms with E-state index in [0.29, 0.717) is 6.04 Å². The maximum atomic E-state index is 13.4. The Morgan fingerprint density at radius 1 is 1.14 bits per heavy atom. The summed E-state index contributed by atoms with van der Waals surface area (Å²) in [4.78, 5) is 9.21. The first-order valence-electron chi connectivity index (χ1n) is 10.9. The molecule has 1 aromatic rings. The van der Waals surface area contributed by atoms with Crippen molar-refractivity contribution in [2.75, 3.05) is 51.2 Å². The number of nitrogens with zero attached hydrogens (tertiary/aromatic N) is 3. The highest BCUT2D eigenvalue weighted by molar-refractivity contribution is 14.0. The summed E-state index contributed by atoms with van der Waals surface area (Å²) in [6.45, 7) is 8.79. The first-order valence-corrected chi connectivity index (χ1v) is 10.9. The molecule has 5 nitrogen and oxygen atoms in total. The smallest absolute Gasteiger partial charge is 0.191 e. The predicted octanol–water partition coefficient (Wildman–Crippen LogP) is 3.70. The van der Waals surface area contributed by atoms with Crippen molar-refractivity contribution < 1.29 is 4.39 Å². The Labute approximate surface area is 192 Å². The molecule has 7 heteroatoms. The van der Waals surface area contributed by atoms with Gasteiger partial charge in [0.1, 0.15) is 5.82 Å². The molecule has 164 valence electrons. The molecule has 2 N–H and O–H groups in total. The fourth-order valence-electron chi connectivity index (χ4n) is 4.33. The molecule has 2 aliphatic rings. The third-order valence-corrected chi connectivity index (χ3v) is 6.23. The van der Waals surface area contributed by atoms with Gasteiger partial charge < -0.3 is 20.4 Å². The average Bonchev–Trinajstić information content (AvgIpc) is 2.74. The molecule has 0 aliphatic carbocycles. The van der Waals surface area contributed by atoms with E-state index in [0.717, 1.165) is 50.0 Å². The lowest BCUT2D eigenvalue weighted by Crippen LogP contribution is -2.49. The van der Waals surface area contributed by atoms with Crippen molar-refractivity contribution in [3.8, 4) is 0 Å². The maximum absolute atomic E-state index is 13.4. The molecule has 1 aromatic carbocycles. The van der Waals surface area contributed by atoms with E-state index in [1.54, 1.807) is 12.1 Å². The summed E-state index contributed by atoms with van der Waals surface area (Å²) in [6, 6.07) is 7.32. The highest BCUT2D eigenvalue weighted by Crippen LogP contribution is 2.21. The molecule has 0 spiro atoms. The summed E-state index contributed by atoms with van der Waals surface area (Å²) in [5, 5.41) is 7.07. The van der Waals surface area contributed by atoms with Crippen molar-refractivity contribution in [3.63, 3.8) is 0 Å². The van der Waals surface area contributed by atoms with E-state index < -0.39 is 0 Å². The monoisotopic (exact) mass is 517 g/mol. The molecule has 0 aromatic heterocycles. The molecule has 0 atom stereocenters. The number of piperidine rings is 2. The van der Waals surface area contributed by atoms with E-state index in [9.17, 15) is 4.39 Å². The van der Waals surface area contributed by atoms with Crippen molar-refractivity contribution in [1.29, 1.82) is 0 Å². The number of likely N-dealkylation sites (tertiary alicyclic amines) is 1. The lowest BCUT2D eigenvalue weighted by Gasteiger charge is -2.34. The van der Waals surface area contributed by atoms with Crippen molar-refractivity contribution in [1.82, 2.24) is 15.5 Å². The fourth-order valence-corrected chi connectivity index (χ4v) is 4.33. The van der Waals surface area contributed by atoms with Crippen LogP contribution in [0.4, 0.5) is 10.1 Å². The van der Waals surface area contributed by atoms with Gasteiger partial charge in [0.25, 0.3) is 0 Å². The predicted molar refractivity (Wildman–Crippen MR) is 131 cm³/mol. The van der Waals surface area contributed by atoms with Gasteiger partial charge in [-0.15, -0.1) is 24.0 Å². The van der Waals surface area contributed by atoms with Crippen LogP contribution in [0, 0.1) is 11.7 Å². The van der Waals surface area contributed by atoms with Crippen LogP contribution >= 0.6 is 24.0 Å². The molecule has 0 unspecified atom stereocenters. The standard InChI is InChI=1S/C22H36FN5.HI/c1-3-27-13-8-18(9-14-27)7-12-25-22(24-2)26-20-10-15-28(16-11-20)21-6-4-5-19(23)17-21;/h4-6,17-18,20H,3,7-16H2,1-2H3,(H2,24,25,26);1H. The summed E-state index contributed by atoms with van der Waals surface area (Å²) in [5.41, 5.74) is 0.982. The summed E-state index contributed by atoms with van der Waals surface area (Å²) >= 11 is 0. The molecule has 0 radical (unpaired) electrons. The number of halogens is 2. The maximum Gasteiger partial charge on any atom is 0.191 e. The van der Waals surface area contributed by atoms with Crippen LogP contribution in [-0.4, -0.2) is 63.2 Å². The minimum Gasteiger partial charge on any atom is -0.371 e. The Bertz CT molecular complexity index is 625. The Balaban J connectivity index is 0.00000300. The van der Waals surface area contributed by atoms with E-state index in [-0.39, 0.29) is 29.8 Å². The normalized spacial score (nSPS) is 19.7. The van der Waals surface area contributed by atoms with E-state index in [4.69, 9.17) is 0 Å². The van der Waals surface area contributed by atoms with Crippen LogP contribution in [0.2, 0.25) is 0 Å². The van der Waals surface area contributed by atoms with Gasteiger partial charge in [0, 0.05) is 38.4 Å². The van der Waals surface area contributed by atoms with Crippen LogP contribution < -0.4 is 15.5 Å². The lowest BCUT2D eigenvalue weighted by molar-refractivity contribution is 0.187. The highest BCUT2D eigenvalue weighted by atomic mass is 127. The average molecular weight is 517 g/mol. The van der Waals surface area contributed by atoms with E-state index in [1.165, 1.54) is 45.0 Å². The van der Waals surface area contributed by atoms with Gasteiger partial charge >= 0.3 is 0 Å².